The Hall–Kier alpha value is -3.35. The zero-order valence-electron chi connectivity index (χ0n) is 17.0. The number of hydrogen-bond donors (Lipinski definition) is 3. The molecule has 0 aliphatic carbocycles. The smallest absolute Gasteiger partial charge is 0.406 e. The molecule has 2 rings (SSSR count). The van der Waals surface area contributed by atoms with Gasteiger partial charge in [0.15, 0.2) is 0 Å². The molecule has 5 amide bonds. The van der Waals surface area contributed by atoms with Crippen LogP contribution in [-0.2, 0) is 14.4 Å². The van der Waals surface area contributed by atoms with Crippen LogP contribution in [0.2, 0.25) is 0 Å². The summed E-state index contributed by atoms with van der Waals surface area (Å²) in [6.45, 7) is 2.72. The third-order valence-electron chi connectivity index (χ3n) is 4.40. The lowest BCUT2D eigenvalue weighted by Crippen LogP contribution is -2.51. The van der Waals surface area contributed by atoms with Crippen molar-refractivity contribution in [2.24, 2.45) is 0 Å². The summed E-state index contributed by atoms with van der Waals surface area (Å²) in [4.78, 5) is 49.7. The molecule has 0 radical (unpaired) electrons. The van der Waals surface area contributed by atoms with Gasteiger partial charge in [-0.2, -0.15) is 5.01 Å². The third-order valence-corrected chi connectivity index (χ3v) is 4.40. The molecule has 0 aromatic heterocycles. The lowest BCUT2D eigenvalue weighted by atomic mass is 10.00. The minimum atomic E-state index is -4.82. The molecule has 1 fully saturated rings. The number of likely N-dealkylation sites (N-methyl/N-ethyl adjacent to an activating group) is 1. The van der Waals surface area contributed by atoms with Gasteiger partial charge in [0.05, 0.1) is 13.1 Å². The normalized spacial score (nSPS) is 18.7. The molecule has 1 saturated heterocycles. The summed E-state index contributed by atoms with van der Waals surface area (Å²) in [6.07, 6.45) is -4.48. The van der Waals surface area contributed by atoms with E-state index in [0.717, 1.165) is 12.1 Å². The number of imide groups is 1. The number of nitrogens with zero attached hydrogens (tertiary/aromatic N) is 2. The molecule has 1 aromatic carbocycles. The van der Waals surface area contributed by atoms with E-state index in [2.05, 4.69) is 20.8 Å². The van der Waals surface area contributed by atoms with E-state index in [0.29, 0.717) is 11.4 Å². The molecule has 1 unspecified atom stereocenters. The number of ether oxygens (including phenoxy) is 1. The summed E-state index contributed by atoms with van der Waals surface area (Å²) < 4.78 is 40.2. The van der Waals surface area contributed by atoms with Crippen molar-refractivity contribution in [3.63, 3.8) is 0 Å². The first-order valence-corrected chi connectivity index (χ1v) is 9.13. The lowest BCUT2D eigenvalue weighted by Gasteiger charge is -2.20. The molecular weight excluding hydrogens is 423 g/mol. The number of carbonyl (C=O) groups excluding carboxylic acids is 4. The van der Waals surface area contributed by atoms with Crippen LogP contribution in [0.3, 0.4) is 0 Å². The van der Waals surface area contributed by atoms with Gasteiger partial charge < -0.3 is 15.4 Å². The van der Waals surface area contributed by atoms with Gasteiger partial charge in [-0.3, -0.25) is 24.7 Å². The van der Waals surface area contributed by atoms with Crippen LogP contribution in [0.25, 0.3) is 0 Å². The fourth-order valence-electron chi connectivity index (χ4n) is 2.67. The monoisotopic (exact) mass is 445 g/mol. The number of nitrogens with one attached hydrogen (secondary N) is 3. The van der Waals surface area contributed by atoms with E-state index in [-0.39, 0.29) is 18.8 Å². The van der Waals surface area contributed by atoms with Crippen LogP contribution in [-0.4, -0.2) is 65.7 Å². The number of anilines is 1. The number of alkyl halides is 3. The molecule has 170 valence electrons. The van der Waals surface area contributed by atoms with E-state index in [1.807, 2.05) is 0 Å². The lowest BCUT2D eigenvalue weighted by molar-refractivity contribution is -0.274. The van der Waals surface area contributed by atoms with Gasteiger partial charge in [-0.15, -0.1) is 13.2 Å². The Morgan fingerprint density at radius 2 is 1.74 bits per heavy atom. The highest BCUT2D eigenvalue weighted by Gasteiger charge is 2.47. The minimum absolute atomic E-state index is 0.232. The number of carbonyl (C=O) groups is 4. The van der Waals surface area contributed by atoms with E-state index in [1.54, 1.807) is 6.92 Å². The molecule has 0 spiro atoms. The van der Waals surface area contributed by atoms with E-state index in [1.165, 1.54) is 31.0 Å². The minimum Gasteiger partial charge on any atom is -0.406 e. The van der Waals surface area contributed by atoms with Crippen LogP contribution in [0.1, 0.15) is 20.3 Å². The maximum Gasteiger partial charge on any atom is 0.573 e. The summed E-state index contributed by atoms with van der Waals surface area (Å²) in [5, 5.41) is 5.55. The predicted octanol–water partition coefficient (Wildman–Crippen LogP) is 1.21. The van der Waals surface area contributed by atoms with E-state index in [4.69, 9.17) is 0 Å². The van der Waals surface area contributed by atoms with Crippen LogP contribution < -0.4 is 20.8 Å². The van der Waals surface area contributed by atoms with Gasteiger partial charge in [0.25, 0.3) is 11.8 Å². The Labute approximate surface area is 175 Å². The van der Waals surface area contributed by atoms with Gasteiger partial charge >= 0.3 is 12.4 Å². The van der Waals surface area contributed by atoms with E-state index < -0.39 is 41.4 Å². The van der Waals surface area contributed by atoms with Gasteiger partial charge in [-0.05, 0) is 44.7 Å². The summed E-state index contributed by atoms with van der Waals surface area (Å²) in [6, 6.07) is 3.80. The van der Waals surface area contributed by atoms with Gasteiger partial charge in [0.2, 0.25) is 5.91 Å². The predicted molar refractivity (Wildman–Crippen MR) is 101 cm³/mol. The first-order valence-electron chi connectivity index (χ1n) is 9.13. The Kier molecular flexibility index (Phi) is 7.10. The van der Waals surface area contributed by atoms with Crippen LogP contribution in [0, 0.1) is 0 Å². The summed E-state index contributed by atoms with van der Waals surface area (Å²) in [5.74, 6) is -2.24. The topological polar surface area (TPSA) is 120 Å². The molecule has 1 aromatic rings. The van der Waals surface area contributed by atoms with Crippen molar-refractivity contribution < 1.29 is 37.1 Å². The first-order chi connectivity index (χ1) is 14.3. The SMILES string of the molecule is CCC1(C)NC(=O)N(NC(=O)CN(C)CC(=O)Nc2ccc(OC(F)(F)F)cc2)C1=O. The number of hydrogen-bond acceptors (Lipinski definition) is 6. The van der Waals surface area contributed by atoms with E-state index in [9.17, 15) is 32.3 Å². The maximum absolute atomic E-state index is 12.3. The molecular formula is C18H22F3N5O5. The molecule has 31 heavy (non-hydrogen) atoms. The Bertz CT molecular complexity index is 861. The van der Waals surface area contributed by atoms with Crippen molar-refractivity contribution in [1.29, 1.82) is 0 Å². The molecule has 1 atom stereocenters. The zero-order valence-corrected chi connectivity index (χ0v) is 17.0. The molecule has 0 saturated carbocycles. The third kappa shape index (κ3) is 6.57. The molecule has 1 heterocycles. The standard InChI is InChI=1S/C18H22F3N5O5/c1-4-17(2)15(29)26(16(30)23-17)24-14(28)10-25(3)9-13(27)22-11-5-7-12(8-6-11)31-18(19,20)21/h5-8H,4,9-10H2,1-3H3,(H,22,27)(H,23,30)(H,24,28). The number of hydrazine groups is 1. The average molecular weight is 445 g/mol. The second-order valence-corrected chi connectivity index (χ2v) is 7.08. The second kappa shape index (κ2) is 9.20. The van der Waals surface area contributed by atoms with Gasteiger partial charge in [-0.25, -0.2) is 4.79 Å². The summed E-state index contributed by atoms with van der Waals surface area (Å²) in [7, 11) is 1.46. The fraction of sp³-hybridized carbons (Fsp3) is 0.444. The molecule has 1 aliphatic heterocycles. The van der Waals surface area contributed by atoms with Crippen molar-refractivity contribution in [3.8, 4) is 5.75 Å². The van der Waals surface area contributed by atoms with Crippen LogP contribution in [0.5, 0.6) is 5.75 Å². The van der Waals surface area contributed by atoms with Gasteiger partial charge in [0, 0.05) is 5.69 Å². The highest BCUT2D eigenvalue weighted by molar-refractivity contribution is 6.07. The first kappa shape index (κ1) is 23.9. The molecule has 13 heteroatoms. The number of halogens is 3. The molecule has 10 nitrogen and oxygen atoms in total. The van der Waals surface area contributed by atoms with Gasteiger partial charge in [-0.1, -0.05) is 6.92 Å². The van der Waals surface area contributed by atoms with Crippen LogP contribution in [0.15, 0.2) is 24.3 Å². The highest BCUT2D eigenvalue weighted by Crippen LogP contribution is 2.24. The number of urea groups is 1. The van der Waals surface area contributed by atoms with Crippen LogP contribution in [0.4, 0.5) is 23.7 Å². The van der Waals surface area contributed by atoms with Crippen molar-refractivity contribution in [2.45, 2.75) is 32.2 Å². The molecule has 1 aliphatic rings. The van der Waals surface area contributed by atoms with Crippen molar-refractivity contribution in [3.05, 3.63) is 24.3 Å². The number of rotatable bonds is 8. The molecule has 0 bridgehead atoms. The summed E-state index contributed by atoms with van der Waals surface area (Å²) in [5.41, 5.74) is 1.33. The Morgan fingerprint density at radius 3 is 2.26 bits per heavy atom. The van der Waals surface area contributed by atoms with Crippen molar-refractivity contribution >= 4 is 29.4 Å². The van der Waals surface area contributed by atoms with Crippen LogP contribution >= 0.6 is 0 Å². The fourth-order valence-corrected chi connectivity index (χ4v) is 2.67. The largest absolute Gasteiger partial charge is 0.573 e. The quantitative estimate of drug-likeness (QED) is 0.518. The Morgan fingerprint density at radius 1 is 1.16 bits per heavy atom. The maximum atomic E-state index is 12.3. The zero-order chi connectivity index (χ0) is 23.4. The van der Waals surface area contributed by atoms with Gasteiger partial charge in [0.1, 0.15) is 11.3 Å². The molecule has 3 N–H and O–H groups in total. The summed E-state index contributed by atoms with van der Waals surface area (Å²) >= 11 is 0. The number of amides is 5. The van der Waals surface area contributed by atoms with Crippen molar-refractivity contribution in [1.82, 2.24) is 20.7 Å². The Balaban J connectivity index is 1.82. The second-order valence-electron chi connectivity index (χ2n) is 7.08. The number of benzene rings is 1. The van der Waals surface area contributed by atoms with E-state index >= 15 is 0 Å². The van der Waals surface area contributed by atoms with Crippen molar-refractivity contribution in [2.75, 3.05) is 25.5 Å². The highest BCUT2D eigenvalue weighted by atomic mass is 19.4. The average Bonchev–Trinajstić information content (AvgIpc) is 2.85.